The van der Waals surface area contributed by atoms with Crippen LogP contribution in [0.15, 0.2) is 18.2 Å². The molecule has 0 saturated heterocycles. The second kappa shape index (κ2) is 2.77. The number of hydrogen-bond acceptors (Lipinski definition) is 3. The van der Waals surface area contributed by atoms with Crippen LogP contribution in [-0.4, -0.2) is 5.11 Å². The number of benzene rings is 1. The lowest BCUT2D eigenvalue weighted by molar-refractivity contribution is 0.491. The molecule has 12 heavy (non-hydrogen) atoms. The van der Waals surface area contributed by atoms with Crippen LogP contribution in [0.3, 0.4) is 0 Å². The molecule has 2 rings (SSSR count). The first-order chi connectivity index (χ1) is 5.68. The average Bonchev–Trinajstić information content (AvgIpc) is 2.39. The Kier molecular flexibility index (Phi) is 1.88. The van der Waals surface area contributed by atoms with E-state index in [1.165, 1.54) is 11.3 Å². The largest absolute Gasteiger partial charge is 0.499 e. The van der Waals surface area contributed by atoms with Crippen LogP contribution in [0.1, 0.15) is 0 Å². The Balaban J connectivity index is 2.89. The van der Waals surface area contributed by atoms with Gasteiger partial charge in [0.15, 0.2) is 5.06 Å². The topological polar surface area (TPSA) is 46.2 Å². The van der Waals surface area contributed by atoms with Crippen LogP contribution in [0.2, 0.25) is 0 Å². The molecule has 1 aromatic heterocycles. The molecule has 0 aliphatic rings. The van der Waals surface area contributed by atoms with Crippen LogP contribution in [0.4, 0.5) is 5.69 Å². The van der Waals surface area contributed by atoms with Gasteiger partial charge in [0.2, 0.25) is 0 Å². The van der Waals surface area contributed by atoms with Gasteiger partial charge in [-0.15, -0.1) is 0 Å². The van der Waals surface area contributed by atoms with Crippen molar-refractivity contribution in [2.75, 3.05) is 5.73 Å². The van der Waals surface area contributed by atoms with Crippen molar-refractivity contribution in [2.45, 2.75) is 0 Å². The van der Waals surface area contributed by atoms with Crippen molar-refractivity contribution in [2.24, 2.45) is 0 Å². The van der Waals surface area contributed by atoms with Gasteiger partial charge >= 0.3 is 0 Å². The first kappa shape index (κ1) is 8.12. The molecular weight excluding hydrogens is 285 g/mol. The van der Waals surface area contributed by atoms with Crippen molar-refractivity contribution >= 4 is 49.7 Å². The predicted octanol–water partition coefficient (Wildman–Crippen LogP) is 2.79. The Morgan fingerprint density at radius 2 is 2.17 bits per heavy atom. The Bertz CT molecular complexity index is 438. The zero-order valence-corrected chi connectivity index (χ0v) is 9.02. The maximum Gasteiger partial charge on any atom is 0.172 e. The number of anilines is 1. The van der Waals surface area contributed by atoms with Crippen LogP contribution in [0.5, 0.6) is 5.06 Å². The number of halogens is 1. The Labute approximate surface area is 87.1 Å². The average molecular weight is 291 g/mol. The number of hydrogen-bond donors (Lipinski definition) is 2. The zero-order valence-electron chi connectivity index (χ0n) is 6.04. The number of nitrogens with two attached hydrogens (primary N) is 1. The summed E-state index contributed by atoms with van der Waals surface area (Å²) in [6.07, 6.45) is 0. The Morgan fingerprint density at radius 3 is 2.92 bits per heavy atom. The number of nitrogen functional groups attached to an aromatic ring is 1. The van der Waals surface area contributed by atoms with E-state index in [1.807, 2.05) is 12.1 Å². The second-order valence-corrected chi connectivity index (χ2v) is 4.66. The van der Waals surface area contributed by atoms with Gasteiger partial charge in [0, 0.05) is 3.57 Å². The first-order valence-electron chi connectivity index (χ1n) is 3.35. The van der Waals surface area contributed by atoms with Gasteiger partial charge in [0.25, 0.3) is 0 Å². The molecule has 0 radical (unpaired) electrons. The second-order valence-electron chi connectivity index (χ2n) is 2.46. The van der Waals surface area contributed by atoms with E-state index in [2.05, 4.69) is 22.6 Å². The molecule has 62 valence electrons. The van der Waals surface area contributed by atoms with Gasteiger partial charge in [-0.25, -0.2) is 0 Å². The zero-order chi connectivity index (χ0) is 8.72. The SMILES string of the molecule is Nc1c(I)ccc2cc(O)sc12. The summed E-state index contributed by atoms with van der Waals surface area (Å²) in [5, 5.41) is 10.6. The van der Waals surface area contributed by atoms with Crippen LogP contribution in [-0.2, 0) is 0 Å². The molecule has 1 heterocycles. The van der Waals surface area contributed by atoms with Gasteiger partial charge in [-0.05, 0) is 40.1 Å². The van der Waals surface area contributed by atoms with E-state index in [0.717, 1.165) is 19.3 Å². The van der Waals surface area contributed by atoms with Gasteiger partial charge in [0.05, 0.1) is 10.4 Å². The monoisotopic (exact) mass is 291 g/mol. The molecule has 0 atom stereocenters. The summed E-state index contributed by atoms with van der Waals surface area (Å²) in [5.74, 6) is 0. The summed E-state index contributed by atoms with van der Waals surface area (Å²) in [7, 11) is 0. The normalized spacial score (nSPS) is 10.8. The van der Waals surface area contributed by atoms with Gasteiger partial charge in [0.1, 0.15) is 0 Å². The number of fused-ring (bicyclic) bond motifs is 1. The smallest absolute Gasteiger partial charge is 0.172 e. The molecule has 0 amide bonds. The molecule has 0 fully saturated rings. The summed E-state index contributed by atoms with van der Waals surface area (Å²) >= 11 is 3.50. The predicted molar refractivity (Wildman–Crippen MR) is 60.6 cm³/mol. The third kappa shape index (κ3) is 1.15. The van der Waals surface area contributed by atoms with Gasteiger partial charge in [-0.2, -0.15) is 0 Å². The molecule has 0 spiro atoms. The van der Waals surface area contributed by atoms with E-state index in [-0.39, 0.29) is 0 Å². The maximum absolute atomic E-state index is 9.23. The number of rotatable bonds is 0. The summed E-state index contributed by atoms with van der Waals surface area (Å²) in [6, 6.07) is 5.64. The fourth-order valence-electron chi connectivity index (χ4n) is 1.09. The Morgan fingerprint density at radius 1 is 1.42 bits per heavy atom. The van der Waals surface area contributed by atoms with Gasteiger partial charge in [-0.1, -0.05) is 17.4 Å². The number of aromatic hydroxyl groups is 1. The van der Waals surface area contributed by atoms with Crippen molar-refractivity contribution in [3.63, 3.8) is 0 Å². The molecule has 0 unspecified atom stereocenters. The Hall–Kier alpha value is -0.490. The van der Waals surface area contributed by atoms with Crippen molar-refractivity contribution in [1.82, 2.24) is 0 Å². The molecule has 1 aromatic carbocycles. The van der Waals surface area contributed by atoms with E-state index in [1.54, 1.807) is 6.07 Å². The molecule has 0 saturated carbocycles. The van der Waals surface area contributed by atoms with E-state index in [4.69, 9.17) is 5.73 Å². The highest BCUT2D eigenvalue weighted by molar-refractivity contribution is 14.1. The van der Waals surface area contributed by atoms with Crippen molar-refractivity contribution < 1.29 is 5.11 Å². The fraction of sp³-hybridized carbons (Fsp3) is 0. The minimum atomic E-state index is 0.318. The standard InChI is InChI=1S/C8H6INOS/c9-5-2-1-4-3-6(11)12-8(4)7(5)10/h1-3,11H,10H2. The molecule has 2 aromatic rings. The van der Waals surface area contributed by atoms with Gasteiger partial charge in [-0.3, -0.25) is 0 Å². The summed E-state index contributed by atoms with van der Waals surface area (Å²) in [5.41, 5.74) is 6.59. The molecule has 0 bridgehead atoms. The third-order valence-corrected chi connectivity index (χ3v) is 3.59. The number of thiophene rings is 1. The van der Waals surface area contributed by atoms with Crippen LogP contribution in [0.25, 0.3) is 10.1 Å². The first-order valence-corrected chi connectivity index (χ1v) is 5.24. The quantitative estimate of drug-likeness (QED) is 0.579. The fourth-order valence-corrected chi connectivity index (χ4v) is 2.58. The van der Waals surface area contributed by atoms with Crippen LogP contribution < -0.4 is 5.73 Å². The highest BCUT2D eigenvalue weighted by Crippen LogP contribution is 2.36. The van der Waals surface area contributed by atoms with E-state index >= 15 is 0 Å². The summed E-state index contributed by atoms with van der Waals surface area (Å²) in [4.78, 5) is 0. The van der Waals surface area contributed by atoms with E-state index in [0.29, 0.717) is 5.06 Å². The lowest BCUT2D eigenvalue weighted by Crippen LogP contribution is -1.87. The summed E-state index contributed by atoms with van der Waals surface area (Å²) < 4.78 is 2.00. The van der Waals surface area contributed by atoms with Crippen molar-refractivity contribution in [3.05, 3.63) is 21.8 Å². The lowest BCUT2D eigenvalue weighted by atomic mass is 10.2. The van der Waals surface area contributed by atoms with Crippen LogP contribution in [0, 0.1) is 3.57 Å². The minimum Gasteiger partial charge on any atom is -0.499 e. The third-order valence-electron chi connectivity index (χ3n) is 1.66. The van der Waals surface area contributed by atoms with E-state index in [9.17, 15) is 5.11 Å². The molecule has 2 nitrogen and oxygen atoms in total. The maximum atomic E-state index is 9.23. The van der Waals surface area contributed by atoms with Crippen LogP contribution >= 0.6 is 33.9 Å². The molecular formula is C8H6INOS. The highest BCUT2D eigenvalue weighted by Gasteiger charge is 2.05. The lowest BCUT2D eigenvalue weighted by Gasteiger charge is -1.97. The van der Waals surface area contributed by atoms with E-state index < -0.39 is 0 Å². The molecule has 3 N–H and O–H groups in total. The van der Waals surface area contributed by atoms with Crippen molar-refractivity contribution in [1.29, 1.82) is 0 Å². The highest BCUT2D eigenvalue weighted by atomic mass is 127. The molecule has 0 aliphatic carbocycles. The minimum absolute atomic E-state index is 0.318. The molecule has 4 heteroatoms. The summed E-state index contributed by atoms with van der Waals surface area (Å²) in [6.45, 7) is 0. The van der Waals surface area contributed by atoms with Crippen molar-refractivity contribution in [3.8, 4) is 5.06 Å². The molecule has 0 aliphatic heterocycles. The van der Waals surface area contributed by atoms with Gasteiger partial charge < -0.3 is 10.8 Å².